The van der Waals surface area contributed by atoms with Gasteiger partial charge in [0, 0.05) is 12.0 Å². The van der Waals surface area contributed by atoms with Crippen molar-refractivity contribution < 1.29 is 28.9 Å². The van der Waals surface area contributed by atoms with Gasteiger partial charge in [0.2, 0.25) is 0 Å². The van der Waals surface area contributed by atoms with Gasteiger partial charge < -0.3 is 19.3 Å². The lowest BCUT2D eigenvalue weighted by Gasteiger charge is -2.23. The highest BCUT2D eigenvalue weighted by molar-refractivity contribution is 7.22. The molecule has 0 aliphatic carbocycles. The number of ether oxygens (including phenoxy) is 3. The first-order chi connectivity index (χ1) is 19.4. The van der Waals surface area contributed by atoms with Gasteiger partial charge in [0.1, 0.15) is 29.1 Å². The molecule has 0 unspecified atom stereocenters. The number of aliphatic hydroxyl groups is 1. The van der Waals surface area contributed by atoms with Crippen LogP contribution in [0.5, 0.6) is 17.2 Å². The first kappa shape index (κ1) is 25.9. The van der Waals surface area contributed by atoms with Crippen molar-refractivity contribution in [3.8, 4) is 17.2 Å². The zero-order valence-electron chi connectivity index (χ0n) is 22.3. The summed E-state index contributed by atoms with van der Waals surface area (Å²) >= 11 is 1.28. The molecule has 40 heavy (non-hydrogen) atoms. The average molecular weight is 557 g/mol. The zero-order chi connectivity index (χ0) is 28.0. The van der Waals surface area contributed by atoms with E-state index in [1.165, 1.54) is 16.2 Å². The molecule has 204 valence electrons. The quantitative estimate of drug-likeness (QED) is 0.168. The number of carbonyl (C=O) groups excluding carboxylic acids is 2. The molecule has 4 aromatic rings. The number of carbonyl (C=O) groups is 2. The average Bonchev–Trinajstić information content (AvgIpc) is 3.63. The molecule has 6 rings (SSSR count). The molecular weight excluding hydrogens is 528 g/mol. The van der Waals surface area contributed by atoms with E-state index in [9.17, 15) is 14.7 Å². The number of aromatic nitrogens is 1. The smallest absolute Gasteiger partial charge is 0.301 e. The molecular formula is C31H28N2O6S. The first-order valence-corrected chi connectivity index (χ1v) is 14.0. The van der Waals surface area contributed by atoms with Gasteiger partial charge in [0.05, 0.1) is 35.5 Å². The van der Waals surface area contributed by atoms with Crippen LogP contribution in [0.1, 0.15) is 43.0 Å². The lowest BCUT2D eigenvalue weighted by molar-refractivity contribution is -0.132. The molecule has 8 nitrogen and oxygen atoms in total. The van der Waals surface area contributed by atoms with Crippen LogP contribution in [0.2, 0.25) is 0 Å². The summed E-state index contributed by atoms with van der Waals surface area (Å²) in [4.78, 5) is 33.3. The van der Waals surface area contributed by atoms with Crippen LogP contribution in [0.15, 0.2) is 66.2 Å². The number of hydrogen-bond acceptors (Lipinski definition) is 8. The standard InChI is InChI=1S/C31H28N2O6S/c1-4-13-38-21-8-5-18(6-9-21)27-26(28(34)19-7-12-24-20(15-19)14-17(2)39-24)29(35)30(36)33(27)31-32-23-11-10-22(37-3)16-25(23)40-31/h5-12,15-17,27,34H,4,13-14H2,1-3H3/b28-26+/t17-,27+/m1/s1. The molecule has 3 aromatic carbocycles. The lowest BCUT2D eigenvalue weighted by atomic mass is 9.94. The van der Waals surface area contributed by atoms with Crippen LogP contribution in [0.25, 0.3) is 16.0 Å². The fourth-order valence-corrected chi connectivity index (χ4v) is 6.18. The minimum absolute atomic E-state index is 0.0102. The van der Waals surface area contributed by atoms with E-state index < -0.39 is 17.7 Å². The van der Waals surface area contributed by atoms with Crippen molar-refractivity contribution in [3.05, 3.63) is 82.9 Å². The summed E-state index contributed by atoms with van der Waals surface area (Å²) in [6, 6.07) is 17.1. The van der Waals surface area contributed by atoms with Crippen LogP contribution in [0.3, 0.4) is 0 Å². The molecule has 1 saturated heterocycles. The highest BCUT2D eigenvalue weighted by Gasteiger charge is 2.48. The summed E-state index contributed by atoms with van der Waals surface area (Å²) in [5.74, 6) is 0.356. The van der Waals surface area contributed by atoms with Gasteiger partial charge in [-0.1, -0.05) is 30.4 Å². The van der Waals surface area contributed by atoms with Crippen LogP contribution in [0.4, 0.5) is 5.13 Å². The van der Waals surface area contributed by atoms with E-state index in [2.05, 4.69) is 4.98 Å². The van der Waals surface area contributed by atoms with Crippen molar-refractivity contribution in [2.45, 2.75) is 38.8 Å². The molecule has 0 spiro atoms. The molecule has 1 amide bonds. The maximum Gasteiger partial charge on any atom is 0.301 e. The number of nitrogens with zero attached hydrogens (tertiary/aromatic N) is 2. The van der Waals surface area contributed by atoms with Crippen molar-refractivity contribution in [3.63, 3.8) is 0 Å². The highest BCUT2D eigenvalue weighted by Crippen LogP contribution is 2.45. The van der Waals surface area contributed by atoms with E-state index in [-0.39, 0.29) is 17.4 Å². The largest absolute Gasteiger partial charge is 0.507 e. The summed E-state index contributed by atoms with van der Waals surface area (Å²) in [7, 11) is 1.58. The van der Waals surface area contributed by atoms with Gasteiger partial charge in [-0.25, -0.2) is 4.98 Å². The number of methoxy groups -OCH3 is 1. The third-order valence-corrected chi connectivity index (χ3v) is 8.09. The van der Waals surface area contributed by atoms with E-state index >= 15 is 0 Å². The molecule has 1 fully saturated rings. The maximum absolute atomic E-state index is 13.6. The fourth-order valence-electron chi connectivity index (χ4n) is 5.16. The van der Waals surface area contributed by atoms with E-state index in [0.29, 0.717) is 46.3 Å². The van der Waals surface area contributed by atoms with Crippen LogP contribution in [0, 0.1) is 0 Å². The third-order valence-electron chi connectivity index (χ3n) is 7.07. The van der Waals surface area contributed by atoms with Crippen molar-refractivity contribution in [1.29, 1.82) is 0 Å². The predicted molar refractivity (Wildman–Crippen MR) is 153 cm³/mol. The molecule has 1 N–H and O–H groups in total. The number of rotatable bonds is 7. The van der Waals surface area contributed by atoms with E-state index in [1.807, 2.05) is 56.3 Å². The van der Waals surface area contributed by atoms with Gasteiger partial charge in [0.25, 0.3) is 5.78 Å². The second-order valence-corrected chi connectivity index (χ2v) is 10.9. The second kappa shape index (κ2) is 10.3. The summed E-state index contributed by atoms with van der Waals surface area (Å²) < 4.78 is 17.7. The number of anilines is 1. The molecule has 3 heterocycles. The van der Waals surface area contributed by atoms with E-state index in [1.54, 1.807) is 25.3 Å². The van der Waals surface area contributed by atoms with Gasteiger partial charge in [0.15, 0.2) is 5.13 Å². The minimum atomic E-state index is -0.883. The Kier molecular flexibility index (Phi) is 6.67. The van der Waals surface area contributed by atoms with Gasteiger partial charge >= 0.3 is 5.91 Å². The summed E-state index contributed by atoms with van der Waals surface area (Å²) in [6.07, 6.45) is 1.60. The van der Waals surface area contributed by atoms with Gasteiger partial charge in [-0.05, 0) is 73.0 Å². The molecule has 9 heteroatoms. The van der Waals surface area contributed by atoms with Crippen LogP contribution in [-0.2, 0) is 16.0 Å². The summed E-state index contributed by atoms with van der Waals surface area (Å²) in [5, 5.41) is 11.9. The Hall–Kier alpha value is -4.37. The lowest BCUT2D eigenvalue weighted by Crippen LogP contribution is -2.29. The molecule has 1 aromatic heterocycles. The Morgan fingerprint density at radius 1 is 1.10 bits per heavy atom. The molecule has 2 aliphatic heterocycles. The molecule has 2 aliphatic rings. The summed E-state index contributed by atoms with van der Waals surface area (Å²) in [6.45, 7) is 4.58. The number of Topliss-reactive ketones (excluding diaryl/α,β-unsaturated/α-hetero) is 1. The number of benzene rings is 3. The minimum Gasteiger partial charge on any atom is -0.507 e. The SMILES string of the molecule is CCCOc1ccc([C@H]2/C(=C(\O)c3ccc4c(c3)C[C@@H](C)O4)C(=O)C(=O)N2c2nc3ccc(OC)cc3s2)cc1. The fraction of sp³-hybridized carbons (Fsp3) is 0.258. The topological polar surface area (TPSA) is 98.2 Å². The number of fused-ring (bicyclic) bond motifs is 2. The van der Waals surface area contributed by atoms with Crippen molar-refractivity contribution in [1.82, 2.24) is 4.98 Å². The number of ketones is 1. The van der Waals surface area contributed by atoms with Crippen molar-refractivity contribution in [2.24, 2.45) is 0 Å². The maximum atomic E-state index is 13.6. The second-order valence-electron chi connectivity index (χ2n) is 9.87. The Bertz CT molecular complexity index is 1660. The Morgan fingerprint density at radius 2 is 1.88 bits per heavy atom. The van der Waals surface area contributed by atoms with E-state index in [4.69, 9.17) is 14.2 Å². The Balaban J connectivity index is 1.49. The molecule has 0 radical (unpaired) electrons. The van der Waals surface area contributed by atoms with Crippen LogP contribution in [-0.4, -0.2) is 41.6 Å². The third kappa shape index (κ3) is 4.46. The van der Waals surface area contributed by atoms with Crippen LogP contribution >= 0.6 is 11.3 Å². The highest BCUT2D eigenvalue weighted by atomic mass is 32.1. The predicted octanol–water partition coefficient (Wildman–Crippen LogP) is 6.04. The molecule has 2 atom stereocenters. The number of hydrogen-bond donors (Lipinski definition) is 1. The first-order valence-electron chi connectivity index (χ1n) is 13.2. The monoisotopic (exact) mass is 556 g/mol. The van der Waals surface area contributed by atoms with Crippen LogP contribution < -0.4 is 19.1 Å². The molecule has 0 saturated carbocycles. The summed E-state index contributed by atoms with van der Waals surface area (Å²) in [5.41, 5.74) is 2.74. The zero-order valence-corrected chi connectivity index (χ0v) is 23.2. The normalized spacial score (nSPS) is 19.6. The van der Waals surface area contributed by atoms with Gasteiger partial charge in [-0.2, -0.15) is 0 Å². The number of aliphatic hydroxyl groups excluding tert-OH is 1. The van der Waals surface area contributed by atoms with Crippen molar-refractivity contribution >= 4 is 44.1 Å². The molecule has 0 bridgehead atoms. The van der Waals surface area contributed by atoms with Gasteiger partial charge in [-0.3, -0.25) is 14.5 Å². The Labute approximate surface area is 235 Å². The number of amides is 1. The van der Waals surface area contributed by atoms with Gasteiger partial charge in [-0.15, -0.1) is 0 Å². The number of thiazole rings is 1. The van der Waals surface area contributed by atoms with Crippen molar-refractivity contribution in [2.75, 3.05) is 18.6 Å². The van der Waals surface area contributed by atoms with E-state index in [0.717, 1.165) is 22.4 Å². The Morgan fingerprint density at radius 3 is 2.62 bits per heavy atom.